The van der Waals surface area contributed by atoms with Gasteiger partial charge in [-0.3, -0.25) is 4.79 Å². The second kappa shape index (κ2) is 13.8. The molecule has 2 aromatic carbocycles. The summed E-state index contributed by atoms with van der Waals surface area (Å²) in [5.41, 5.74) is 9.39. The van der Waals surface area contributed by atoms with Crippen LogP contribution in [0, 0.1) is 6.92 Å². The maximum atomic E-state index is 12.5. The summed E-state index contributed by atoms with van der Waals surface area (Å²) >= 11 is 0. The quantitative estimate of drug-likeness (QED) is 0.222. The van der Waals surface area contributed by atoms with Crippen LogP contribution in [0.4, 0.5) is 19.0 Å². The average Bonchev–Trinajstić information content (AvgIpc) is 2.86. The number of nitrogens with zero attached hydrogens (tertiary/aromatic N) is 2. The van der Waals surface area contributed by atoms with Crippen molar-refractivity contribution in [3.63, 3.8) is 0 Å². The molecule has 0 spiro atoms. The Bertz CT molecular complexity index is 1530. The van der Waals surface area contributed by atoms with Crippen molar-refractivity contribution in [1.82, 2.24) is 4.98 Å². The van der Waals surface area contributed by atoms with Crippen molar-refractivity contribution in [2.24, 2.45) is 5.73 Å². The number of carbonyl (C=O) groups excluding carboxylic acids is 1. The van der Waals surface area contributed by atoms with Gasteiger partial charge in [0, 0.05) is 24.8 Å². The minimum atomic E-state index is -5.05. The number of alkyl halides is 3. The Hall–Kier alpha value is -3.33. The molecule has 6 N–H and O–H groups in total. The summed E-state index contributed by atoms with van der Waals surface area (Å²) in [4.78, 5) is 50.2. The van der Waals surface area contributed by atoms with Gasteiger partial charge in [0.15, 0.2) is 0 Å². The van der Waals surface area contributed by atoms with Crippen LogP contribution in [0.25, 0.3) is 22.3 Å². The van der Waals surface area contributed by atoms with Crippen LogP contribution in [-0.2, 0) is 18.2 Å². The Morgan fingerprint density at radius 1 is 0.932 bits per heavy atom. The zero-order valence-corrected chi connectivity index (χ0v) is 25.3. The van der Waals surface area contributed by atoms with Crippen LogP contribution in [0.2, 0.25) is 0 Å². The fourth-order valence-electron chi connectivity index (χ4n) is 4.65. The normalized spacial score (nSPS) is 17.5. The molecule has 0 bridgehead atoms. The maximum absolute atomic E-state index is 12.5. The standard InChI is InChI=1S/C26H26F3N3O3.H4O7P2/c1-15-13-32(14-16(2)34-15)23-11-6-19(12-31-23)22-10-9-21(17(3)24(22)25(30)33)18-4-7-20(8-5-18)35-26(27,28)29;1-8(2,3)7-9(4,5)6/h4-12,15-16H,13-14H2,1-3H3,(H2,30,33);(H2,1,2,3)(H2,4,5,6)/t15-,16+;. The molecule has 0 aliphatic carbocycles. The van der Waals surface area contributed by atoms with E-state index in [9.17, 15) is 27.1 Å². The zero-order chi connectivity index (χ0) is 33.0. The molecule has 1 aromatic heterocycles. The van der Waals surface area contributed by atoms with E-state index in [0.717, 1.165) is 24.5 Å². The number of rotatable bonds is 7. The highest BCUT2D eigenvalue weighted by molar-refractivity contribution is 7.60. The Kier molecular flexibility index (Phi) is 11.0. The zero-order valence-electron chi connectivity index (χ0n) is 23.5. The van der Waals surface area contributed by atoms with Gasteiger partial charge in [-0.25, -0.2) is 14.1 Å². The lowest BCUT2D eigenvalue weighted by Crippen LogP contribution is -2.45. The third kappa shape index (κ3) is 10.4. The van der Waals surface area contributed by atoms with Crippen molar-refractivity contribution < 1.29 is 60.5 Å². The van der Waals surface area contributed by atoms with E-state index in [1.807, 2.05) is 32.0 Å². The number of ether oxygens (including phenoxy) is 2. The molecule has 1 aliphatic rings. The van der Waals surface area contributed by atoms with E-state index < -0.39 is 27.9 Å². The van der Waals surface area contributed by atoms with Gasteiger partial charge in [-0.1, -0.05) is 24.3 Å². The second-order valence-corrected chi connectivity index (χ2v) is 12.3. The minimum absolute atomic E-state index is 0.103. The first-order chi connectivity index (χ1) is 20.2. The van der Waals surface area contributed by atoms with Gasteiger partial charge in [-0.05, 0) is 67.3 Å². The highest BCUT2D eigenvalue weighted by Crippen LogP contribution is 2.53. The Labute approximate surface area is 249 Å². The van der Waals surface area contributed by atoms with Crippen molar-refractivity contribution in [2.45, 2.75) is 39.3 Å². The topological polar surface area (TPSA) is 202 Å². The smallest absolute Gasteiger partial charge is 0.406 e. The molecule has 240 valence electrons. The van der Waals surface area contributed by atoms with Crippen LogP contribution in [0.1, 0.15) is 29.8 Å². The number of amides is 1. The first-order valence-electron chi connectivity index (χ1n) is 12.7. The van der Waals surface area contributed by atoms with Gasteiger partial charge in [0.1, 0.15) is 11.6 Å². The molecule has 3 aromatic rings. The lowest BCUT2D eigenvalue weighted by Gasteiger charge is -2.36. The summed E-state index contributed by atoms with van der Waals surface area (Å²) in [6.07, 6.45) is -2.85. The van der Waals surface area contributed by atoms with Crippen molar-refractivity contribution >= 4 is 27.4 Å². The van der Waals surface area contributed by atoms with Crippen molar-refractivity contribution in [3.8, 4) is 28.0 Å². The molecular formula is C26H30F3N3O10P2. The molecule has 1 saturated heterocycles. The third-order valence-corrected chi connectivity index (χ3v) is 7.83. The van der Waals surface area contributed by atoms with Gasteiger partial charge in [0.05, 0.1) is 17.8 Å². The molecule has 44 heavy (non-hydrogen) atoms. The summed E-state index contributed by atoms with van der Waals surface area (Å²) in [5, 5.41) is 0. The Morgan fingerprint density at radius 3 is 1.89 bits per heavy atom. The largest absolute Gasteiger partial charge is 0.573 e. The molecular weight excluding hydrogens is 633 g/mol. The highest BCUT2D eigenvalue weighted by atomic mass is 31.3. The van der Waals surface area contributed by atoms with E-state index in [1.54, 1.807) is 19.2 Å². The molecule has 1 amide bonds. The molecule has 0 saturated carbocycles. The van der Waals surface area contributed by atoms with Gasteiger partial charge < -0.3 is 39.7 Å². The van der Waals surface area contributed by atoms with Gasteiger partial charge >= 0.3 is 22.0 Å². The average molecular weight is 663 g/mol. The van der Waals surface area contributed by atoms with E-state index >= 15 is 0 Å². The number of primary amides is 1. The monoisotopic (exact) mass is 663 g/mol. The first kappa shape index (κ1) is 35.2. The number of anilines is 1. The van der Waals surface area contributed by atoms with E-state index in [2.05, 4.69) is 18.9 Å². The lowest BCUT2D eigenvalue weighted by molar-refractivity contribution is -0.274. The van der Waals surface area contributed by atoms with E-state index in [4.69, 9.17) is 30.0 Å². The van der Waals surface area contributed by atoms with Crippen LogP contribution in [-0.4, -0.2) is 62.1 Å². The number of morpholine rings is 1. The third-order valence-electron chi connectivity index (χ3n) is 6.13. The van der Waals surface area contributed by atoms with Crippen LogP contribution < -0.4 is 15.4 Å². The molecule has 2 atom stereocenters. The summed E-state index contributed by atoms with van der Waals surface area (Å²) < 4.78 is 69.3. The van der Waals surface area contributed by atoms with Crippen LogP contribution >= 0.6 is 15.6 Å². The summed E-state index contributed by atoms with van der Waals surface area (Å²) in [6.45, 7) is 7.29. The number of benzene rings is 2. The van der Waals surface area contributed by atoms with E-state index in [-0.39, 0.29) is 18.0 Å². The van der Waals surface area contributed by atoms with Crippen LogP contribution in [0.5, 0.6) is 5.75 Å². The van der Waals surface area contributed by atoms with E-state index in [1.165, 1.54) is 24.3 Å². The fraction of sp³-hybridized carbons (Fsp3) is 0.308. The number of pyridine rings is 1. The minimum Gasteiger partial charge on any atom is -0.406 e. The summed E-state index contributed by atoms with van der Waals surface area (Å²) in [6, 6.07) is 12.9. The van der Waals surface area contributed by atoms with Gasteiger partial charge in [0.2, 0.25) is 5.91 Å². The molecule has 4 rings (SSSR count). The molecule has 1 aliphatic heterocycles. The number of halogens is 3. The molecule has 0 radical (unpaired) electrons. The summed E-state index contributed by atoms with van der Waals surface area (Å²) in [5.74, 6) is -0.0944. The van der Waals surface area contributed by atoms with Gasteiger partial charge in [0.25, 0.3) is 0 Å². The summed E-state index contributed by atoms with van der Waals surface area (Å²) in [7, 11) is -10.1. The molecule has 18 heteroatoms. The number of aromatic nitrogens is 1. The number of nitrogens with two attached hydrogens (primary N) is 1. The van der Waals surface area contributed by atoms with Crippen molar-refractivity contribution in [3.05, 3.63) is 65.9 Å². The number of phosphoric acid groups is 2. The van der Waals surface area contributed by atoms with Crippen LogP contribution in [0.3, 0.4) is 0 Å². The number of carbonyl (C=O) groups is 1. The molecule has 1 fully saturated rings. The number of hydrogen-bond donors (Lipinski definition) is 5. The van der Waals surface area contributed by atoms with E-state index in [0.29, 0.717) is 27.8 Å². The van der Waals surface area contributed by atoms with Crippen molar-refractivity contribution in [2.75, 3.05) is 18.0 Å². The Morgan fingerprint density at radius 2 is 1.45 bits per heavy atom. The molecule has 0 unspecified atom stereocenters. The molecule has 13 nitrogen and oxygen atoms in total. The first-order valence-corrected chi connectivity index (χ1v) is 15.8. The predicted molar refractivity (Wildman–Crippen MR) is 152 cm³/mol. The predicted octanol–water partition coefficient (Wildman–Crippen LogP) is 4.52. The number of hydrogen-bond acceptors (Lipinski definition) is 8. The molecule has 2 heterocycles. The fourth-order valence-corrected chi connectivity index (χ4v) is 5.76. The SMILES string of the molecule is Cc1c(-c2ccc(OC(F)(F)F)cc2)ccc(-c2ccc(N3C[C@@H](C)O[C@@H](C)C3)nc2)c1C(N)=O.O=P(O)(O)OP(=O)(O)O. The maximum Gasteiger partial charge on any atom is 0.573 e. The second-order valence-electron chi connectivity index (χ2n) is 9.73. The van der Waals surface area contributed by atoms with Crippen molar-refractivity contribution in [1.29, 1.82) is 0 Å². The lowest BCUT2D eigenvalue weighted by atomic mass is 9.90. The Balaban J connectivity index is 0.000000512. The highest BCUT2D eigenvalue weighted by Gasteiger charge is 2.31. The van der Waals surface area contributed by atoms with Crippen LogP contribution in [0.15, 0.2) is 54.7 Å². The van der Waals surface area contributed by atoms with Gasteiger partial charge in [-0.2, -0.15) is 4.31 Å². The van der Waals surface area contributed by atoms with Gasteiger partial charge in [-0.15, -0.1) is 13.2 Å².